The Labute approximate surface area is 149 Å². The molecule has 2 aromatic rings. The maximum atomic E-state index is 11.4. The number of hydrogen-bond acceptors (Lipinski definition) is 6. The van der Waals surface area contributed by atoms with Gasteiger partial charge in [0.15, 0.2) is 11.5 Å². The maximum Gasteiger partial charge on any atom is 0.163 e. The molecule has 0 saturated heterocycles. The molecule has 8 heteroatoms. The Morgan fingerprint density at radius 3 is 2.72 bits per heavy atom. The zero-order chi connectivity index (χ0) is 18.4. The summed E-state index contributed by atoms with van der Waals surface area (Å²) in [5.41, 5.74) is 0.777. The minimum absolute atomic E-state index is 0.257. The maximum absolute atomic E-state index is 11.4. The van der Waals surface area contributed by atoms with Gasteiger partial charge in [-0.3, -0.25) is 9.35 Å². The highest BCUT2D eigenvalue weighted by atomic mass is 32.2. The first kappa shape index (κ1) is 19.3. The highest BCUT2D eigenvalue weighted by Crippen LogP contribution is 2.34. The molecule has 2 rings (SSSR count). The number of nitrogens with two attached hydrogens (primary N) is 1. The third-order valence-electron chi connectivity index (χ3n) is 3.40. The lowest BCUT2D eigenvalue weighted by atomic mass is 10.2. The van der Waals surface area contributed by atoms with Crippen molar-refractivity contribution in [2.75, 3.05) is 25.3 Å². The van der Waals surface area contributed by atoms with E-state index in [1.54, 1.807) is 12.5 Å². The summed E-state index contributed by atoms with van der Waals surface area (Å²) in [5.74, 6) is 2.01. The molecule has 0 bridgehead atoms. The molecule has 138 valence electrons. The molecule has 1 heterocycles. The van der Waals surface area contributed by atoms with Crippen LogP contribution < -0.4 is 19.9 Å². The predicted molar refractivity (Wildman–Crippen MR) is 104 cm³/mol. The molecule has 1 aromatic carbocycles. The van der Waals surface area contributed by atoms with Crippen molar-refractivity contribution in [2.45, 2.75) is 32.7 Å². The van der Waals surface area contributed by atoms with Crippen LogP contribution in [0.15, 0.2) is 18.5 Å². The first-order chi connectivity index (χ1) is 11.8. The van der Waals surface area contributed by atoms with Crippen LogP contribution in [0.5, 0.6) is 11.5 Å². The van der Waals surface area contributed by atoms with E-state index in [-0.39, 0.29) is 6.04 Å². The summed E-state index contributed by atoms with van der Waals surface area (Å²) in [6.45, 7) is 4.57. The molecule has 25 heavy (non-hydrogen) atoms. The number of methoxy groups -OCH3 is 1. The minimum atomic E-state index is -2.30. The molecule has 1 aromatic heterocycles. The Bertz CT molecular complexity index is 837. The lowest BCUT2D eigenvalue weighted by Gasteiger charge is -2.14. The molecule has 0 saturated carbocycles. The van der Waals surface area contributed by atoms with Gasteiger partial charge < -0.3 is 14.8 Å². The summed E-state index contributed by atoms with van der Waals surface area (Å²) in [6, 6.07) is 3.98. The van der Waals surface area contributed by atoms with Crippen molar-refractivity contribution in [3.05, 3.63) is 18.5 Å². The molecule has 0 radical (unpaired) electrons. The Balaban J connectivity index is 2.19. The minimum Gasteiger partial charge on any atom is -0.493 e. The highest BCUT2D eigenvalue weighted by molar-refractivity contribution is 7.98. The smallest absolute Gasteiger partial charge is 0.163 e. The van der Waals surface area contributed by atoms with E-state index in [0.29, 0.717) is 30.9 Å². The molecule has 1 unspecified atom stereocenters. The van der Waals surface area contributed by atoms with Crippen LogP contribution in [0.3, 0.4) is 0 Å². The van der Waals surface area contributed by atoms with E-state index in [2.05, 4.69) is 29.1 Å². The summed E-state index contributed by atoms with van der Waals surface area (Å²) in [4.78, 5) is 8.61. The van der Waals surface area contributed by atoms with Gasteiger partial charge in [0.1, 0.15) is 12.1 Å². The van der Waals surface area contributed by atoms with Gasteiger partial charge in [0.05, 0.1) is 19.2 Å². The van der Waals surface area contributed by atoms with Crippen molar-refractivity contribution >= 4 is 31.8 Å². The van der Waals surface area contributed by atoms with Crippen molar-refractivity contribution in [3.63, 3.8) is 0 Å². The fraction of sp³-hybridized carbons (Fsp3) is 0.471. The molecule has 0 aliphatic carbocycles. The summed E-state index contributed by atoms with van der Waals surface area (Å²) in [5, 5.41) is 11.3. The van der Waals surface area contributed by atoms with Crippen LogP contribution in [0.4, 0.5) is 5.82 Å². The van der Waals surface area contributed by atoms with E-state index >= 15 is 0 Å². The average Bonchev–Trinajstić information content (AvgIpc) is 2.52. The van der Waals surface area contributed by atoms with Crippen LogP contribution in [0.1, 0.15) is 26.7 Å². The molecule has 0 spiro atoms. The van der Waals surface area contributed by atoms with Crippen molar-refractivity contribution in [3.8, 4) is 11.5 Å². The first-order valence-corrected chi connectivity index (χ1v) is 10.2. The normalized spacial score (nSPS) is 13.5. The monoisotopic (exact) mass is 366 g/mol. The van der Waals surface area contributed by atoms with E-state index < -0.39 is 9.71 Å². The Morgan fingerprint density at radius 2 is 2.08 bits per heavy atom. The molecule has 0 aliphatic rings. The van der Waals surface area contributed by atoms with Gasteiger partial charge in [0.25, 0.3) is 0 Å². The lowest BCUT2D eigenvalue weighted by molar-refractivity contribution is 0.292. The molecule has 3 N–H and O–H groups in total. The van der Waals surface area contributed by atoms with Crippen LogP contribution in [0.2, 0.25) is 0 Å². The van der Waals surface area contributed by atoms with E-state index in [4.69, 9.17) is 14.6 Å². The lowest BCUT2D eigenvalue weighted by Crippen LogP contribution is -2.13. The van der Waals surface area contributed by atoms with E-state index in [9.17, 15) is 4.21 Å². The largest absolute Gasteiger partial charge is 0.493 e. The number of ether oxygens (including phenoxy) is 2. The second-order valence-electron chi connectivity index (χ2n) is 6.17. The fourth-order valence-electron chi connectivity index (χ4n) is 2.31. The molecular formula is C17H26N4O3S. The summed E-state index contributed by atoms with van der Waals surface area (Å²) in [6.07, 6.45) is 4.39. The Hall–Kier alpha value is -2.06. The number of hydrogen-bond donors (Lipinski definition) is 2. The summed E-state index contributed by atoms with van der Waals surface area (Å²) < 4.78 is 22.7. The molecule has 0 fully saturated rings. The van der Waals surface area contributed by atoms with Gasteiger partial charge in [-0.1, -0.05) is 0 Å². The topological polar surface area (TPSA) is 99.4 Å². The van der Waals surface area contributed by atoms with Gasteiger partial charge in [-0.15, -0.1) is 0 Å². The van der Waals surface area contributed by atoms with Crippen molar-refractivity contribution < 1.29 is 13.7 Å². The van der Waals surface area contributed by atoms with Crippen LogP contribution >= 0.6 is 0 Å². The third-order valence-corrected chi connectivity index (χ3v) is 4.30. The number of nitrogens with one attached hydrogen (secondary N) is 1. The van der Waals surface area contributed by atoms with E-state index in [1.807, 2.05) is 12.1 Å². The van der Waals surface area contributed by atoms with Crippen molar-refractivity contribution in [2.24, 2.45) is 5.14 Å². The van der Waals surface area contributed by atoms with E-state index in [1.165, 1.54) is 12.6 Å². The molecule has 0 aliphatic heterocycles. The molecule has 1 atom stereocenters. The SMILES string of the molecule is COc1cc2c(NC(C)C)ncnc2cc1OCCCC=S(C)(N)=O. The number of fused-ring (bicyclic) bond motifs is 1. The second kappa shape index (κ2) is 8.35. The van der Waals surface area contributed by atoms with Gasteiger partial charge in [-0.05, 0) is 38.1 Å². The Kier molecular flexibility index (Phi) is 6.44. The van der Waals surface area contributed by atoms with Crippen molar-refractivity contribution in [1.29, 1.82) is 0 Å². The second-order valence-corrected chi connectivity index (χ2v) is 8.43. The standard InChI is InChI=1S/C17H26N4O3S/c1-12(2)21-17-13-9-15(23-3)16(10-14(13)19-11-20-17)24-7-5-6-8-25(4,18)22/h8-12H,5-7H2,1-4H3,(H2,18,22)(H,19,20,21). The van der Waals surface area contributed by atoms with Crippen molar-refractivity contribution in [1.82, 2.24) is 9.97 Å². The molecule has 0 amide bonds. The fourth-order valence-corrected chi connectivity index (χ4v) is 2.94. The van der Waals surface area contributed by atoms with Crippen LogP contribution in [0, 0.1) is 0 Å². The first-order valence-electron chi connectivity index (χ1n) is 8.12. The van der Waals surface area contributed by atoms with Gasteiger partial charge in [-0.25, -0.2) is 9.97 Å². The van der Waals surface area contributed by atoms with Gasteiger partial charge in [-0.2, -0.15) is 0 Å². The number of unbranched alkanes of at least 4 members (excludes halogenated alkanes) is 1. The number of benzene rings is 1. The number of nitrogens with zero attached hydrogens (tertiary/aromatic N) is 2. The van der Waals surface area contributed by atoms with Crippen LogP contribution in [-0.2, 0) is 9.71 Å². The summed E-state index contributed by atoms with van der Waals surface area (Å²) >= 11 is 0. The Morgan fingerprint density at radius 1 is 1.32 bits per heavy atom. The molecular weight excluding hydrogens is 340 g/mol. The number of aromatic nitrogens is 2. The highest BCUT2D eigenvalue weighted by Gasteiger charge is 2.12. The number of anilines is 1. The third kappa shape index (κ3) is 5.75. The predicted octanol–water partition coefficient (Wildman–Crippen LogP) is 2.21. The van der Waals surface area contributed by atoms with Gasteiger partial charge in [0.2, 0.25) is 0 Å². The zero-order valence-corrected chi connectivity index (χ0v) is 15.9. The quantitative estimate of drug-likeness (QED) is 0.549. The summed E-state index contributed by atoms with van der Waals surface area (Å²) in [7, 11) is -0.706. The van der Waals surface area contributed by atoms with Gasteiger partial charge in [0, 0.05) is 33.5 Å². The van der Waals surface area contributed by atoms with Crippen LogP contribution in [0.25, 0.3) is 10.9 Å². The zero-order valence-electron chi connectivity index (χ0n) is 15.1. The van der Waals surface area contributed by atoms with E-state index in [0.717, 1.165) is 16.7 Å². The van der Waals surface area contributed by atoms with Crippen LogP contribution in [-0.4, -0.2) is 45.6 Å². The average molecular weight is 366 g/mol. The number of rotatable bonds is 8. The van der Waals surface area contributed by atoms with Gasteiger partial charge >= 0.3 is 0 Å². The molecule has 7 nitrogen and oxygen atoms in total.